The molecule has 1 atom stereocenters. The van der Waals surface area contributed by atoms with Gasteiger partial charge in [-0.25, -0.2) is 0 Å². The molecule has 2 saturated heterocycles. The Morgan fingerprint density at radius 3 is 2.93 bits per heavy atom. The van der Waals surface area contributed by atoms with Crippen LogP contribution in [0.25, 0.3) is 0 Å². The van der Waals surface area contributed by atoms with Crippen molar-refractivity contribution in [2.24, 2.45) is 5.92 Å². The van der Waals surface area contributed by atoms with E-state index in [1.807, 2.05) is 18.7 Å². The van der Waals surface area contributed by atoms with Crippen LogP contribution in [0.3, 0.4) is 0 Å². The molecule has 0 aliphatic carbocycles. The zero-order valence-electron chi connectivity index (χ0n) is 9.58. The number of nitrogens with zero attached hydrogens (tertiary/aromatic N) is 1. The maximum absolute atomic E-state index is 11.8. The first-order chi connectivity index (χ1) is 7.13. The van der Waals surface area contributed by atoms with Crippen LogP contribution in [0.15, 0.2) is 0 Å². The van der Waals surface area contributed by atoms with Gasteiger partial charge in [-0.3, -0.25) is 4.79 Å². The average molecular weight is 212 g/mol. The van der Waals surface area contributed by atoms with E-state index < -0.39 is 0 Å². The first kappa shape index (κ1) is 10.9. The third kappa shape index (κ3) is 2.16. The number of nitrogens with one attached hydrogen (secondary N) is 1. The molecule has 0 aromatic rings. The van der Waals surface area contributed by atoms with E-state index in [9.17, 15) is 4.79 Å². The lowest BCUT2D eigenvalue weighted by Crippen LogP contribution is -2.51. The minimum atomic E-state index is -0.0944. The fourth-order valence-corrected chi connectivity index (χ4v) is 2.37. The molecule has 0 aromatic heterocycles. The lowest BCUT2D eigenvalue weighted by molar-refractivity contribution is -0.135. The lowest BCUT2D eigenvalue weighted by Gasteiger charge is -2.34. The predicted molar refractivity (Wildman–Crippen MR) is 57.6 cm³/mol. The second-order valence-corrected chi connectivity index (χ2v) is 4.87. The van der Waals surface area contributed by atoms with E-state index >= 15 is 0 Å². The van der Waals surface area contributed by atoms with Gasteiger partial charge in [-0.1, -0.05) is 13.8 Å². The van der Waals surface area contributed by atoms with Crippen molar-refractivity contribution in [3.63, 3.8) is 0 Å². The van der Waals surface area contributed by atoms with Crippen molar-refractivity contribution in [2.45, 2.75) is 25.9 Å². The Kier molecular flexibility index (Phi) is 2.98. The van der Waals surface area contributed by atoms with E-state index in [2.05, 4.69) is 5.32 Å². The van der Waals surface area contributed by atoms with Gasteiger partial charge in [0, 0.05) is 25.6 Å². The number of hydrogen-bond acceptors (Lipinski definition) is 3. The highest BCUT2D eigenvalue weighted by Gasteiger charge is 2.42. The number of rotatable bonds is 1. The molecule has 2 aliphatic rings. The van der Waals surface area contributed by atoms with Gasteiger partial charge in [-0.15, -0.1) is 0 Å². The van der Waals surface area contributed by atoms with Crippen molar-refractivity contribution in [1.29, 1.82) is 0 Å². The van der Waals surface area contributed by atoms with Crippen LogP contribution in [0.5, 0.6) is 0 Å². The quantitative estimate of drug-likeness (QED) is 0.676. The normalized spacial score (nSPS) is 31.5. The Balaban J connectivity index is 1.96. The molecule has 15 heavy (non-hydrogen) atoms. The highest BCUT2D eigenvalue weighted by atomic mass is 16.5. The standard InChI is InChI=1S/C11H20N2O2/c1-9(2)10(14)13-5-3-11(8-13)7-12-4-6-15-11/h9,12H,3-8H2,1-2H3. The summed E-state index contributed by atoms with van der Waals surface area (Å²) in [5, 5.41) is 3.34. The van der Waals surface area contributed by atoms with Crippen molar-refractivity contribution >= 4 is 5.91 Å². The molecule has 2 aliphatic heterocycles. The highest BCUT2D eigenvalue weighted by molar-refractivity contribution is 5.78. The Morgan fingerprint density at radius 2 is 2.33 bits per heavy atom. The summed E-state index contributed by atoms with van der Waals surface area (Å²) in [6, 6.07) is 0. The highest BCUT2D eigenvalue weighted by Crippen LogP contribution is 2.27. The van der Waals surface area contributed by atoms with Gasteiger partial charge in [0.05, 0.1) is 18.8 Å². The molecule has 0 aromatic carbocycles. The fourth-order valence-electron chi connectivity index (χ4n) is 2.37. The Labute approximate surface area is 91.0 Å². The first-order valence-electron chi connectivity index (χ1n) is 5.76. The number of likely N-dealkylation sites (tertiary alicyclic amines) is 1. The lowest BCUT2D eigenvalue weighted by atomic mass is 10.0. The Morgan fingerprint density at radius 1 is 1.53 bits per heavy atom. The van der Waals surface area contributed by atoms with Crippen LogP contribution in [0.2, 0.25) is 0 Å². The maximum atomic E-state index is 11.8. The van der Waals surface area contributed by atoms with E-state index in [1.54, 1.807) is 0 Å². The zero-order chi connectivity index (χ0) is 10.9. The summed E-state index contributed by atoms with van der Waals surface area (Å²) in [7, 11) is 0. The first-order valence-corrected chi connectivity index (χ1v) is 5.76. The van der Waals surface area contributed by atoms with E-state index in [0.29, 0.717) is 0 Å². The van der Waals surface area contributed by atoms with Gasteiger partial charge in [0.2, 0.25) is 5.91 Å². The molecule has 1 amide bonds. The monoisotopic (exact) mass is 212 g/mol. The molecule has 0 bridgehead atoms. The van der Waals surface area contributed by atoms with Crippen LogP contribution in [0.1, 0.15) is 20.3 Å². The Hall–Kier alpha value is -0.610. The average Bonchev–Trinajstić information content (AvgIpc) is 2.62. The smallest absolute Gasteiger partial charge is 0.225 e. The third-order valence-electron chi connectivity index (χ3n) is 3.26. The zero-order valence-corrected chi connectivity index (χ0v) is 9.58. The summed E-state index contributed by atoms with van der Waals surface area (Å²) >= 11 is 0. The summed E-state index contributed by atoms with van der Waals surface area (Å²) in [5.74, 6) is 0.345. The van der Waals surface area contributed by atoms with Crippen LogP contribution < -0.4 is 5.32 Å². The third-order valence-corrected chi connectivity index (χ3v) is 3.26. The van der Waals surface area contributed by atoms with Gasteiger partial charge in [0.25, 0.3) is 0 Å². The van der Waals surface area contributed by atoms with E-state index in [1.165, 1.54) is 0 Å². The molecule has 1 unspecified atom stereocenters. The SMILES string of the molecule is CC(C)C(=O)N1CCC2(CNCCO2)C1. The summed E-state index contributed by atoms with van der Waals surface area (Å²) in [6.45, 7) is 8.09. The molecule has 1 N–H and O–H groups in total. The van der Waals surface area contributed by atoms with E-state index in [-0.39, 0.29) is 17.4 Å². The van der Waals surface area contributed by atoms with Gasteiger partial charge in [-0.2, -0.15) is 0 Å². The van der Waals surface area contributed by atoms with Crippen molar-refractivity contribution in [1.82, 2.24) is 10.2 Å². The summed E-state index contributed by atoms with van der Waals surface area (Å²) in [4.78, 5) is 13.8. The van der Waals surface area contributed by atoms with Crippen LogP contribution in [-0.2, 0) is 9.53 Å². The molecule has 2 heterocycles. The van der Waals surface area contributed by atoms with Gasteiger partial charge < -0.3 is 15.0 Å². The Bertz CT molecular complexity index is 247. The van der Waals surface area contributed by atoms with Crippen LogP contribution in [-0.4, -0.2) is 49.2 Å². The number of carbonyl (C=O) groups is 1. The van der Waals surface area contributed by atoms with E-state index in [4.69, 9.17) is 4.74 Å². The van der Waals surface area contributed by atoms with Crippen LogP contribution in [0, 0.1) is 5.92 Å². The van der Waals surface area contributed by atoms with Crippen LogP contribution >= 0.6 is 0 Å². The van der Waals surface area contributed by atoms with E-state index in [0.717, 1.165) is 39.2 Å². The minimum absolute atomic E-state index is 0.0942. The van der Waals surface area contributed by atoms with Crippen molar-refractivity contribution in [3.05, 3.63) is 0 Å². The number of morpholine rings is 1. The second kappa shape index (κ2) is 4.10. The minimum Gasteiger partial charge on any atom is -0.370 e. The number of ether oxygens (including phenoxy) is 1. The number of carbonyl (C=O) groups excluding carboxylic acids is 1. The van der Waals surface area contributed by atoms with Gasteiger partial charge in [-0.05, 0) is 6.42 Å². The largest absolute Gasteiger partial charge is 0.370 e. The molecule has 4 nitrogen and oxygen atoms in total. The van der Waals surface area contributed by atoms with Gasteiger partial charge >= 0.3 is 0 Å². The fraction of sp³-hybridized carbons (Fsp3) is 0.909. The van der Waals surface area contributed by atoms with Crippen molar-refractivity contribution < 1.29 is 9.53 Å². The molecular weight excluding hydrogens is 192 g/mol. The molecule has 4 heteroatoms. The topological polar surface area (TPSA) is 41.6 Å². The molecule has 0 radical (unpaired) electrons. The summed E-state index contributed by atoms with van der Waals surface area (Å²) < 4.78 is 5.83. The van der Waals surface area contributed by atoms with Crippen LogP contribution in [0.4, 0.5) is 0 Å². The number of amides is 1. The molecule has 1 spiro atoms. The summed E-state index contributed by atoms with van der Waals surface area (Å²) in [5.41, 5.74) is -0.0944. The van der Waals surface area contributed by atoms with Gasteiger partial charge in [0.15, 0.2) is 0 Å². The van der Waals surface area contributed by atoms with Crippen molar-refractivity contribution in [3.8, 4) is 0 Å². The molecule has 2 fully saturated rings. The molecular formula is C11H20N2O2. The predicted octanol–water partition coefficient (Wildman–Crippen LogP) is 0.233. The molecule has 2 rings (SSSR count). The molecule has 0 saturated carbocycles. The summed E-state index contributed by atoms with van der Waals surface area (Å²) in [6.07, 6.45) is 0.971. The van der Waals surface area contributed by atoms with Gasteiger partial charge in [0.1, 0.15) is 0 Å². The maximum Gasteiger partial charge on any atom is 0.225 e. The molecule has 86 valence electrons. The van der Waals surface area contributed by atoms with Crippen molar-refractivity contribution in [2.75, 3.05) is 32.8 Å². The second-order valence-electron chi connectivity index (χ2n) is 4.87. The number of hydrogen-bond donors (Lipinski definition) is 1.